The van der Waals surface area contributed by atoms with Crippen LogP contribution in [-0.2, 0) is 14.4 Å². The molecule has 0 heterocycles. The summed E-state index contributed by atoms with van der Waals surface area (Å²) in [7, 11) is 0. The number of aliphatic carboxylic acids is 1. The first kappa shape index (κ1) is 28.3. The van der Waals surface area contributed by atoms with Gasteiger partial charge < -0.3 is 31.5 Å². The summed E-state index contributed by atoms with van der Waals surface area (Å²) in [4.78, 5) is 34.9. The number of hydrogen-bond donors (Lipinski definition) is 6. The molecular weight excluding hydrogens is 476 g/mol. The Balaban J connectivity index is 1.43. The van der Waals surface area contributed by atoms with E-state index in [0.29, 0.717) is 30.6 Å². The van der Waals surface area contributed by atoms with Crippen molar-refractivity contribution in [3.63, 3.8) is 0 Å². The zero-order valence-corrected chi connectivity index (χ0v) is 22.4. The van der Waals surface area contributed by atoms with Gasteiger partial charge in [-0.1, -0.05) is 20.8 Å². The number of rotatable bonds is 8. The molecule has 0 radical (unpaired) electrons. The summed E-state index contributed by atoms with van der Waals surface area (Å²) in [5, 5.41) is 44.6. The maximum atomic E-state index is 12.5. The average Bonchev–Trinajstić information content (AvgIpc) is 3.18. The van der Waals surface area contributed by atoms with Gasteiger partial charge in [0.25, 0.3) is 0 Å². The van der Waals surface area contributed by atoms with Gasteiger partial charge in [0.15, 0.2) is 0 Å². The fourth-order valence-electron chi connectivity index (χ4n) is 9.44. The Morgan fingerprint density at radius 2 is 1.59 bits per heavy atom. The molecule has 4 fully saturated rings. The summed E-state index contributed by atoms with van der Waals surface area (Å²) in [6.45, 7) is 6.75. The lowest BCUT2D eigenvalue weighted by Crippen LogP contribution is -2.64. The molecule has 4 aliphatic rings. The van der Waals surface area contributed by atoms with Crippen molar-refractivity contribution in [3.05, 3.63) is 0 Å². The fraction of sp³-hybridized carbons (Fsp3) is 0.893. The lowest BCUT2D eigenvalue weighted by Gasteiger charge is -2.63. The number of aliphatic hydroxyl groups excluding tert-OH is 3. The first-order valence-electron chi connectivity index (χ1n) is 14.1. The molecule has 4 aliphatic carbocycles. The van der Waals surface area contributed by atoms with E-state index in [4.69, 9.17) is 5.73 Å². The van der Waals surface area contributed by atoms with E-state index in [-0.39, 0.29) is 35.0 Å². The highest BCUT2D eigenvalue weighted by Gasteiger charge is 2.65. The highest BCUT2D eigenvalue weighted by Crippen LogP contribution is 2.68. The van der Waals surface area contributed by atoms with E-state index in [9.17, 15) is 34.8 Å². The van der Waals surface area contributed by atoms with Crippen LogP contribution >= 0.6 is 0 Å². The first-order valence-corrected chi connectivity index (χ1v) is 14.1. The summed E-state index contributed by atoms with van der Waals surface area (Å²) in [6, 6.07) is -1.31. The molecule has 0 aromatic heterocycles. The van der Waals surface area contributed by atoms with E-state index in [0.717, 1.165) is 38.5 Å². The van der Waals surface area contributed by atoms with Gasteiger partial charge in [0.05, 0.1) is 24.7 Å². The summed E-state index contributed by atoms with van der Waals surface area (Å²) in [6.07, 6.45) is 4.60. The standard InChI is InChI=1S/C28H46N2O7/c1-14(4-7-22(33)30-20(26(36)37)13-21(29)32)16-5-6-17-23-18(9-11-27(16,17)2)28(3)10-8-15(31)12-19(28)24(34)25(23)35/h14-20,23-25,31,34-35H,4-13H2,1-3H3,(H2,29,32)(H,30,33)(H,36,37)/t14-,15-,16-,17+,18+,19+,20+,23+,24-,25-,27-,28-/m1/s1. The number of amides is 2. The molecule has 4 rings (SSSR count). The van der Waals surface area contributed by atoms with E-state index in [1.807, 2.05) is 0 Å². The van der Waals surface area contributed by atoms with Gasteiger partial charge in [-0.15, -0.1) is 0 Å². The number of primary amides is 1. The number of carbonyl (C=O) groups excluding carboxylic acids is 2. The van der Waals surface area contributed by atoms with Crippen LogP contribution in [0.3, 0.4) is 0 Å². The lowest BCUT2D eigenvalue weighted by atomic mass is 9.43. The second kappa shape index (κ2) is 10.5. The maximum Gasteiger partial charge on any atom is 0.326 e. The number of aliphatic hydroxyl groups is 3. The maximum absolute atomic E-state index is 12.5. The molecule has 210 valence electrons. The Bertz CT molecular complexity index is 898. The fourth-order valence-corrected chi connectivity index (χ4v) is 9.44. The number of carboxylic acid groups (broad SMARTS) is 1. The molecule has 37 heavy (non-hydrogen) atoms. The molecule has 7 N–H and O–H groups in total. The van der Waals surface area contributed by atoms with Crippen molar-refractivity contribution in [2.45, 2.75) is 109 Å². The van der Waals surface area contributed by atoms with Crippen molar-refractivity contribution >= 4 is 17.8 Å². The van der Waals surface area contributed by atoms with Crippen LogP contribution in [0.4, 0.5) is 0 Å². The molecule has 9 heteroatoms. The lowest BCUT2D eigenvalue weighted by molar-refractivity contribution is -0.223. The Kier molecular flexibility index (Phi) is 8.00. The third kappa shape index (κ3) is 5.03. The minimum absolute atomic E-state index is 0.00467. The van der Waals surface area contributed by atoms with Crippen LogP contribution in [0.1, 0.15) is 85.0 Å². The largest absolute Gasteiger partial charge is 0.480 e. The van der Waals surface area contributed by atoms with Gasteiger partial charge in [0, 0.05) is 6.42 Å². The van der Waals surface area contributed by atoms with Crippen LogP contribution in [0.25, 0.3) is 0 Å². The Hall–Kier alpha value is -1.71. The van der Waals surface area contributed by atoms with Crippen LogP contribution in [0.2, 0.25) is 0 Å². The van der Waals surface area contributed by atoms with Crippen molar-refractivity contribution < 1.29 is 34.8 Å². The van der Waals surface area contributed by atoms with Gasteiger partial charge in [0.2, 0.25) is 11.8 Å². The quantitative estimate of drug-likeness (QED) is 0.282. The number of carboxylic acids is 1. The summed E-state index contributed by atoms with van der Waals surface area (Å²) in [5.41, 5.74) is 5.04. The van der Waals surface area contributed by atoms with Gasteiger partial charge in [-0.25, -0.2) is 4.79 Å². The van der Waals surface area contributed by atoms with Crippen LogP contribution < -0.4 is 11.1 Å². The van der Waals surface area contributed by atoms with Crippen molar-refractivity contribution in [2.75, 3.05) is 0 Å². The summed E-state index contributed by atoms with van der Waals surface area (Å²) < 4.78 is 0. The second-order valence-corrected chi connectivity index (χ2v) is 13.2. The SMILES string of the molecule is C[C@H](CCC(=O)N[C@@H](CC(N)=O)C(=O)O)[C@H]1CC[C@H]2[C@@H]3[C@@H](O)[C@H](O)[C@@H]4C[C@H](O)CC[C@]4(C)[C@H]3CC[C@]12C. The molecule has 12 atom stereocenters. The molecule has 0 aromatic carbocycles. The zero-order valence-electron chi connectivity index (χ0n) is 22.4. The van der Waals surface area contributed by atoms with Gasteiger partial charge in [-0.2, -0.15) is 0 Å². The molecule has 0 spiro atoms. The van der Waals surface area contributed by atoms with Crippen LogP contribution in [0, 0.1) is 46.3 Å². The van der Waals surface area contributed by atoms with E-state index >= 15 is 0 Å². The molecule has 0 unspecified atom stereocenters. The van der Waals surface area contributed by atoms with Crippen molar-refractivity contribution in [3.8, 4) is 0 Å². The number of nitrogens with two attached hydrogens (primary N) is 1. The Morgan fingerprint density at radius 3 is 2.24 bits per heavy atom. The molecule has 2 amide bonds. The molecule has 0 aliphatic heterocycles. The zero-order chi connectivity index (χ0) is 27.3. The van der Waals surface area contributed by atoms with Gasteiger partial charge in [-0.3, -0.25) is 9.59 Å². The molecule has 0 bridgehead atoms. The number of fused-ring (bicyclic) bond motifs is 5. The van der Waals surface area contributed by atoms with Gasteiger partial charge >= 0.3 is 5.97 Å². The molecular formula is C28H46N2O7. The minimum Gasteiger partial charge on any atom is -0.480 e. The Labute approximate surface area is 219 Å². The van der Waals surface area contributed by atoms with Crippen molar-refractivity contribution in [2.24, 2.45) is 52.1 Å². The van der Waals surface area contributed by atoms with Crippen molar-refractivity contribution in [1.82, 2.24) is 5.32 Å². The number of hydrogen-bond acceptors (Lipinski definition) is 6. The highest BCUT2D eigenvalue weighted by molar-refractivity contribution is 5.88. The van der Waals surface area contributed by atoms with Crippen molar-refractivity contribution in [1.29, 1.82) is 0 Å². The van der Waals surface area contributed by atoms with Crippen LogP contribution in [-0.4, -0.2) is 62.6 Å². The third-order valence-corrected chi connectivity index (χ3v) is 11.4. The number of nitrogens with one attached hydrogen (secondary N) is 1. The minimum atomic E-state index is -1.31. The third-order valence-electron chi connectivity index (χ3n) is 11.4. The normalized spacial score (nSPS) is 44.6. The van der Waals surface area contributed by atoms with E-state index in [2.05, 4.69) is 26.1 Å². The Morgan fingerprint density at radius 1 is 0.946 bits per heavy atom. The van der Waals surface area contributed by atoms with E-state index < -0.39 is 48.6 Å². The van der Waals surface area contributed by atoms with Crippen LogP contribution in [0.15, 0.2) is 0 Å². The van der Waals surface area contributed by atoms with Gasteiger partial charge in [0.1, 0.15) is 6.04 Å². The van der Waals surface area contributed by atoms with Gasteiger partial charge in [-0.05, 0) is 97.7 Å². The molecule has 0 aromatic rings. The smallest absolute Gasteiger partial charge is 0.326 e. The number of carbonyl (C=O) groups is 3. The molecule has 9 nitrogen and oxygen atoms in total. The summed E-state index contributed by atoms with van der Waals surface area (Å²) >= 11 is 0. The van der Waals surface area contributed by atoms with Crippen LogP contribution in [0.5, 0.6) is 0 Å². The first-order chi connectivity index (χ1) is 17.3. The average molecular weight is 523 g/mol. The molecule has 0 saturated heterocycles. The van der Waals surface area contributed by atoms with E-state index in [1.165, 1.54) is 0 Å². The second-order valence-electron chi connectivity index (χ2n) is 13.2. The molecule has 4 saturated carbocycles. The highest BCUT2D eigenvalue weighted by atomic mass is 16.4. The predicted octanol–water partition coefficient (Wildman–Crippen LogP) is 1.81. The monoisotopic (exact) mass is 522 g/mol. The summed E-state index contributed by atoms with van der Waals surface area (Å²) in [5.74, 6) is -1.25. The topological polar surface area (TPSA) is 170 Å². The van der Waals surface area contributed by atoms with E-state index in [1.54, 1.807) is 0 Å². The predicted molar refractivity (Wildman–Crippen MR) is 136 cm³/mol.